The minimum atomic E-state index is -3.60. The Labute approximate surface area is 182 Å². The zero-order chi connectivity index (χ0) is 20.6. The summed E-state index contributed by atoms with van der Waals surface area (Å²) in [6.07, 6.45) is 0.439. The molecule has 0 aliphatic carbocycles. The van der Waals surface area contributed by atoms with Crippen LogP contribution in [0.3, 0.4) is 0 Å². The van der Waals surface area contributed by atoms with Crippen LogP contribution in [0.25, 0.3) is 0 Å². The van der Waals surface area contributed by atoms with Crippen molar-refractivity contribution >= 4 is 62.2 Å². The second kappa shape index (κ2) is 8.27. The van der Waals surface area contributed by atoms with Crippen molar-refractivity contribution in [3.8, 4) is 0 Å². The van der Waals surface area contributed by atoms with Gasteiger partial charge in [-0.15, -0.1) is 23.1 Å². The van der Waals surface area contributed by atoms with Gasteiger partial charge in [0.1, 0.15) is 4.21 Å². The number of piperazine rings is 1. The number of rotatable bonds is 3. The quantitative estimate of drug-likeness (QED) is 0.743. The molecule has 4 rings (SSSR count). The second-order valence-electron chi connectivity index (χ2n) is 6.61. The zero-order valence-corrected chi connectivity index (χ0v) is 18.5. The number of nitrogens with zero attached hydrogens (tertiary/aromatic N) is 2. The third-order valence-electron chi connectivity index (χ3n) is 4.76. The van der Waals surface area contributed by atoms with Crippen molar-refractivity contribution in [3.05, 3.63) is 40.2 Å². The fraction of sp³-hybridized carbons (Fsp3) is 0.333. The smallest absolute Gasteiger partial charge is 0.254 e. The number of carbonyl (C=O) groups is 2. The van der Waals surface area contributed by atoms with Gasteiger partial charge in [0.05, 0.1) is 10.0 Å². The largest absolute Gasteiger partial charge is 0.336 e. The summed E-state index contributed by atoms with van der Waals surface area (Å²) in [7, 11) is -3.60. The van der Waals surface area contributed by atoms with E-state index in [1.54, 1.807) is 34.9 Å². The molecule has 1 fully saturated rings. The number of carbonyl (C=O) groups excluding carboxylic acids is 2. The SMILES string of the molecule is O=C1CCSc2ccc(C(=O)N3CCN(S(=O)(=O)c4ccc(Cl)s4)CC3)cc2N1. The van der Waals surface area contributed by atoms with Crippen LogP contribution in [0.5, 0.6) is 0 Å². The minimum absolute atomic E-state index is 0.0617. The molecule has 2 aromatic rings. The Morgan fingerprint density at radius 1 is 1.10 bits per heavy atom. The number of sulfonamides is 1. The van der Waals surface area contributed by atoms with Crippen LogP contribution in [-0.4, -0.2) is 61.4 Å². The molecule has 0 saturated carbocycles. The maximum Gasteiger partial charge on any atom is 0.254 e. The van der Waals surface area contributed by atoms with Crippen LogP contribution in [0, 0.1) is 0 Å². The molecule has 0 bridgehead atoms. The molecule has 2 aliphatic rings. The molecule has 7 nitrogen and oxygen atoms in total. The molecule has 0 radical (unpaired) electrons. The average molecular weight is 472 g/mol. The van der Waals surface area contributed by atoms with Gasteiger partial charge in [-0.25, -0.2) is 8.42 Å². The van der Waals surface area contributed by atoms with Crippen molar-refractivity contribution in [2.45, 2.75) is 15.5 Å². The predicted molar refractivity (Wildman–Crippen MR) is 114 cm³/mol. The predicted octanol–water partition coefficient (Wildman–Crippen LogP) is 2.98. The highest BCUT2D eigenvalue weighted by atomic mass is 35.5. The van der Waals surface area contributed by atoms with Gasteiger partial charge in [0.25, 0.3) is 15.9 Å². The minimum Gasteiger partial charge on any atom is -0.336 e. The normalized spacial score (nSPS) is 18.1. The molecule has 29 heavy (non-hydrogen) atoms. The van der Waals surface area contributed by atoms with Crippen molar-refractivity contribution in [3.63, 3.8) is 0 Å². The van der Waals surface area contributed by atoms with Crippen LogP contribution >= 0.6 is 34.7 Å². The Morgan fingerprint density at radius 3 is 2.55 bits per heavy atom. The Hall–Kier alpha value is -1.59. The number of amides is 2. The first-order valence-electron chi connectivity index (χ1n) is 8.96. The van der Waals surface area contributed by atoms with Crippen LogP contribution in [0.2, 0.25) is 4.34 Å². The van der Waals surface area contributed by atoms with Crippen molar-refractivity contribution in [2.75, 3.05) is 37.2 Å². The number of benzene rings is 1. The highest BCUT2D eigenvalue weighted by Gasteiger charge is 2.31. The topological polar surface area (TPSA) is 86.8 Å². The number of thiophene rings is 1. The lowest BCUT2D eigenvalue weighted by atomic mass is 10.1. The van der Waals surface area contributed by atoms with Gasteiger partial charge in [0.2, 0.25) is 5.91 Å². The summed E-state index contributed by atoms with van der Waals surface area (Å²) in [5.41, 5.74) is 1.13. The highest BCUT2D eigenvalue weighted by Crippen LogP contribution is 2.32. The van der Waals surface area contributed by atoms with Gasteiger partial charge in [-0.3, -0.25) is 9.59 Å². The van der Waals surface area contributed by atoms with E-state index in [0.717, 1.165) is 16.2 Å². The van der Waals surface area contributed by atoms with E-state index in [-0.39, 0.29) is 29.1 Å². The van der Waals surface area contributed by atoms with Crippen LogP contribution in [0.4, 0.5) is 5.69 Å². The van der Waals surface area contributed by atoms with Gasteiger partial charge >= 0.3 is 0 Å². The summed E-state index contributed by atoms with van der Waals surface area (Å²) >= 11 is 8.47. The fourth-order valence-corrected chi connectivity index (χ4v) is 7.23. The van der Waals surface area contributed by atoms with Crippen LogP contribution < -0.4 is 5.32 Å². The van der Waals surface area contributed by atoms with E-state index >= 15 is 0 Å². The molecule has 1 N–H and O–H groups in total. The number of anilines is 1. The Kier molecular flexibility index (Phi) is 5.90. The lowest BCUT2D eigenvalue weighted by Crippen LogP contribution is -2.50. The van der Waals surface area contributed by atoms with Gasteiger partial charge in [-0.05, 0) is 30.3 Å². The van der Waals surface area contributed by atoms with E-state index in [1.165, 1.54) is 10.4 Å². The van der Waals surface area contributed by atoms with Gasteiger partial charge in [-0.2, -0.15) is 4.31 Å². The Bertz CT molecular complexity index is 1060. The van der Waals surface area contributed by atoms with Crippen molar-refractivity contribution < 1.29 is 18.0 Å². The molecule has 0 atom stereocenters. The first kappa shape index (κ1) is 20.7. The average Bonchev–Trinajstić information content (AvgIpc) is 3.06. The van der Waals surface area contributed by atoms with Gasteiger partial charge in [0.15, 0.2) is 0 Å². The standard InChI is InChI=1S/C18H18ClN3O4S3/c19-15-3-4-17(28-15)29(25,26)22-8-6-21(7-9-22)18(24)12-1-2-14-13(11-12)20-16(23)5-10-27-14/h1-4,11H,5-10H2,(H,20,23). The van der Waals surface area contributed by atoms with Crippen LogP contribution in [-0.2, 0) is 14.8 Å². The highest BCUT2D eigenvalue weighted by molar-refractivity contribution is 7.99. The van der Waals surface area contributed by atoms with Crippen molar-refractivity contribution in [1.82, 2.24) is 9.21 Å². The molecule has 1 saturated heterocycles. The van der Waals surface area contributed by atoms with E-state index < -0.39 is 10.0 Å². The summed E-state index contributed by atoms with van der Waals surface area (Å²) in [4.78, 5) is 27.3. The number of fused-ring (bicyclic) bond motifs is 1. The molecular formula is C18H18ClN3O4S3. The first-order chi connectivity index (χ1) is 13.8. The van der Waals surface area contributed by atoms with E-state index in [4.69, 9.17) is 11.6 Å². The maximum atomic E-state index is 12.9. The molecule has 1 aromatic heterocycles. The molecule has 1 aromatic carbocycles. The van der Waals surface area contributed by atoms with E-state index in [2.05, 4.69) is 5.32 Å². The molecule has 0 unspecified atom stereocenters. The number of hydrogen-bond donors (Lipinski definition) is 1. The van der Waals surface area contributed by atoms with Crippen molar-refractivity contribution in [2.24, 2.45) is 0 Å². The fourth-order valence-electron chi connectivity index (χ4n) is 3.23. The summed E-state index contributed by atoms with van der Waals surface area (Å²) in [6, 6.07) is 8.36. The number of thioether (sulfide) groups is 1. The van der Waals surface area contributed by atoms with Gasteiger partial charge in [-0.1, -0.05) is 11.6 Å². The molecular weight excluding hydrogens is 454 g/mol. The van der Waals surface area contributed by atoms with Gasteiger partial charge in [0, 0.05) is 48.8 Å². The first-order valence-corrected chi connectivity index (χ1v) is 12.6. The summed E-state index contributed by atoms with van der Waals surface area (Å²) in [5.74, 6) is 0.471. The monoisotopic (exact) mass is 471 g/mol. The Balaban J connectivity index is 1.45. The molecule has 2 aliphatic heterocycles. The van der Waals surface area contributed by atoms with E-state index in [0.29, 0.717) is 40.9 Å². The molecule has 154 valence electrons. The number of halogens is 1. The zero-order valence-electron chi connectivity index (χ0n) is 15.3. The molecule has 2 amide bonds. The van der Waals surface area contributed by atoms with Crippen LogP contribution in [0.15, 0.2) is 39.4 Å². The van der Waals surface area contributed by atoms with E-state index in [9.17, 15) is 18.0 Å². The molecule has 11 heteroatoms. The van der Waals surface area contributed by atoms with E-state index in [1.807, 2.05) is 6.07 Å². The summed E-state index contributed by atoms with van der Waals surface area (Å²) in [6.45, 7) is 1.05. The Morgan fingerprint density at radius 2 is 1.86 bits per heavy atom. The number of nitrogens with one attached hydrogen (secondary N) is 1. The maximum absolute atomic E-state index is 12.9. The summed E-state index contributed by atoms with van der Waals surface area (Å²) < 4.78 is 27.4. The lowest BCUT2D eigenvalue weighted by molar-refractivity contribution is -0.115. The number of hydrogen-bond acceptors (Lipinski definition) is 6. The lowest BCUT2D eigenvalue weighted by Gasteiger charge is -2.33. The molecule has 0 spiro atoms. The van der Waals surface area contributed by atoms with Crippen LogP contribution in [0.1, 0.15) is 16.8 Å². The van der Waals surface area contributed by atoms with Crippen molar-refractivity contribution in [1.29, 1.82) is 0 Å². The third-order valence-corrected chi connectivity index (χ3v) is 9.43. The van der Waals surface area contributed by atoms with Gasteiger partial charge < -0.3 is 10.2 Å². The summed E-state index contributed by atoms with van der Waals surface area (Å²) in [5, 5.41) is 2.84. The second-order valence-corrected chi connectivity index (χ2v) is 11.6. The third kappa shape index (κ3) is 4.31. The molecule has 3 heterocycles.